The number of carbonyl (C=O) groups is 2. The summed E-state index contributed by atoms with van der Waals surface area (Å²) < 4.78 is 6.51. The van der Waals surface area contributed by atoms with E-state index in [9.17, 15) is 14.4 Å². The summed E-state index contributed by atoms with van der Waals surface area (Å²) in [5.74, 6) is -0.548. The Morgan fingerprint density at radius 2 is 1.79 bits per heavy atom. The number of hydrogen-bond acceptors (Lipinski definition) is 8. The lowest BCUT2D eigenvalue weighted by molar-refractivity contribution is -0.151. The van der Waals surface area contributed by atoms with Gasteiger partial charge in [0.2, 0.25) is 11.8 Å². The van der Waals surface area contributed by atoms with Crippen molar-refractivity contribution < 1.29 is 14.0 Å². The average molecular weight is 536 g/mol. The molecule has 2 heterocycles. The number of aryl methyl sites for hydroxylation is 2. The molecule has 0 atom stereocenters. The maximum Gasteiger partial charge on any atom is 0.437 e. The molecule has 1 aliphatic rings. The monoisotopic (exact) mass is 535 g/mol. The van der Waals surface area contributed by atoms with Crippen molar-refractivity contribution in [3.8, 4) is 11.5 Å². The Kier molecular flexibility index (Phi) is 9.15. The molecule has 2 amide bonds. The number of hydrogen-bond donors (Lipinski definition) is 2. The number of fused-ring (bicyclic) bond motifs is 1. The molecule has 3 aromatic rings. The molecule has 0 unspecified atom stereocenters. The molecule has 0 fully saturated rings. The van der Waals surface area contributed by atoms with Gasteiger partial charge >= 0.3 is 5.76 Å². The lowest BCUT2D eigenvalue weighted by atomic mass is 10.1. The van der Waals surface area contributed by atoms with Crippen molar-refractivity contribution in [2.75, 3.05) is 45.1 Å². The van der Waals surface area contributed by atoms with E-state index in [0.29, 0.717) is 38.3 Å². The second-order valence-corrected chi connectivity index (χ2v) is 9.55. The molecule has 1 aromatic heterocycles. The minimum atomic E-state index is -0.495. The summed E-state index contributed by atoms with van der Waals surface area (Å²) in [5, 5.41) is 14.2. The van der Waals surface area contributed by atoms with Crippen LogP contribution in [0.15, 0.2) is 51.7 Å². The third-order valence-electron chi connectivity index (χ3n) is 6.91. The summed E-state index contributed by atoms with van der Waals surface area (Å²) in [6, 6.07) is 13.6. The fraction of sp³-hybridized carbons (Fsp3) is 0.429. The molecule has 0 aliphatic carbocycles. The molecule has 39 heavy (non-hydrogen) atoms. The first-order valence-electron chi connectivity index (χ1n) is 13.3. The van der Waals surface area contributed by atoms with Crippen molar-refractivity contribution in [3.63, 3.8) is 0 Å². The third kappa shape index (κ3) is 6.73. The molecule has 4 rings (SSSR count). The van der Waals surface area contributed by atoms with Crippen LogP contribution in [0.5, 0.6) is 0 Å². The highest BCUT2D eigenvalue weighted by atomic mass is 16.4. The fourth-order valence-electron chi connectivity index (χ4n) is 4.53. The summed E-state index contributed by atoms with van der Waals surface area (Å²) in [4.78, 5) is 39.8. The molecule has 0 saturated carbocycles. The van der Waals surface area contributed by atoms with Gasteiger partial charge in [0.1, 0.15) is 6.54 Å². The smallest absolute Gasteiger partial charge is 0.388 e. The first-order chi connectivity index (χ1) is 18.8. The molecule has 0 bridgehead atoms. The number of anilines is 1. The number of rotatable bonds is 12. The molecular formula is C28H37N7O4. The number of aromatic nitrogens is 2. The summed E-state index contributed by atoms with van der Waals surface area (Å²) in [7, 11) is 1.76. The van der Waals surface area contributed by atoms with Crippen LogP contribution in [0.4, 0.5) is 5.69 Å². The zero-order valence-electron chi connectivity index (χ0n) is 23.1. The van der Waals surface area contributed by atoms with Crippen molar-refractivity contribution in [1.82, 2.24) is 30.0 Å². The van der Waals surface area contributed by atoms with Gasteiger partial charge in [-0.2, -0.15) is 4.68 Å². The average Bonchev–Trinajstić information content (AvgIpc) is 3.54. The Morgan fingerprint density at radius 1 is 1.08 bits per heavy atom. The normalized spacial score (nSPS) is 12.8. The van der Waals surface area contributed by atoms with Gasteiger partial charge in [-0.3, -0.25) is 14.6 Å². The number of carbonyl (C=O) groups excluding carboxylic acids is 2. The van der Waals surface area contributed by atoms with Crippen molar-refractivity contribution >= 4 is 17.5 Å². The van der Waals surface area contributed by atoms with Gasteiger partial charge < -0.3 is 20.0 Å². The van der Waals surface area contributed by atoms with Crippen LogP contribution in [0.1, 0.15) is 30.5 Å². The summed E-state index contributed by atoms with van der Waals surface area (Å²) >= 11 is 0. The van der Waals surface area contributed by atoms with E-state index in [0.717, 1.165) is 17.8 Å². The summed E-state index contributed by atoms with van der Waals surface area (Å²) in [5.41, 5.74) is 4.75. The second kappa shape index (κ2) is 12.7. The minimum Gasteiger partial charge on any atom is -0.388 e. The number of nitrogens with one attached hydrogen (secondary N) is 2. The van der Waals surface area contributed by atoms with Crippen LogP contribution in [0.3, 0.4) is 0 Å². The van der Waals surface area contributed by atoms with Gasteiger partial charge in [-0.1, -0.05) is 31.2 Å². The van der Waals surface area contributed by atoms with Gasteiger partial charge in [0, 0.05) is 51.0 Å². The quantitative estimate of drug-likeness (QED) is 0.339. The van der Waals surface area contributed by atoms with E-state index in [2.05, 4.69) is 27.9 Å². The highest BCUT2D eigenvalue weighted by molar-refractivity contribution is 5.87. The van der Waals surface area contributed by atoms with Crippen LogP contribution in [0.25, 0.3) is 11.5 Å². The Labute approximate surface area is 228 Å². The van der Waals surface area contributed by atoms with Crippen LogP contribution in [-0.2, 0) is 29.2 Å². The van der Waals surface area contributed by atoms with Crippen LogP contribution in [0, 0.1) is 6.92 Å². The minimum absolute atomic E-state index is 0.00765. The van der Waals surface area contributed by atoms with Gasteiger partial charge in [-0.15, -0.1) is 5.10 Å². The number of likely N-dealkylation sites (N-methyl/N-ethyl adjacent to an activating group) is 2. The van der Waals surface area contributed by atoms with Crippen LogP contribution >= 0.6 is 0 Å². The van der Waals surface area contributed by atoms with Crippen molar-refractivity contribution in [1.29, 1.82) is 0 Å². The standard InChI is InChI=1S/C28H37N7O4/c1-5-29-13-14-33(19-26(37)32(4)34-17-22-9-7-8-10-23(22)18-34)25(36)16-30-24-12-11-21(15-20(24)3)27-31-35(6-2)28(38)39-27/h7-12,15,29-30H,5-6,13-14,16-19H2,1-4H3. The molecule has 0 saturated heterocycles. The van der Waals surface area contributed by atoms with E-state index in [1.165, 1.54) is 15.8 Å². The van der Waals surface area contributed by atoms with E-state index < -0.39 is 5.76 Å². The predicted octanol–water partition coefficient (Wildman–Crippen LogP) is 2.07. The van der Waals surface area contributed by atoms with Crippen molar-refractivity contribution in [2.45, 2.75) is 40.4 Å². The molecule has 2 aromatic carbocycles. The third-order valence-corrected chi connectivity index (χ3v) is 6.91. The Balaban J connectivity index is 1.37. The number of nitrogens with zero attached hydrogens (tertiary/aromatic N) is 5. The summed E-state index contributed by atoms with van der Waals surface area (Å²) in [6.45, 7) is 9.32. The Bertz CT molecular complexity index is 1340. The van der Waals surface area contributed by atoms with Crippen LogP contribution in [-0.4, -0.2) is 76.3 Å². The first kappa shape index (κ1) is 28.1. The van der Waals surface area contributed by atoms with E-state index in [1.54, 1.807) is 23.0 Å². The number of amides is 2. The van der Waals surface area contributed by atoms with Crippen LogP contribution < -0.4 is 16.4 Å². The molecule has 0 radical (unpaired) electrons. The maximum atomic E-state index is 13.2. The van der Waals surface area contributed by atoms with E-state index >= 15 is 0 Å². The lowest BCUT2D eigenvalue weighted by Crippen LogP contribution is -2.49. The van der Waals surface area contributed by atoms with Gasteiger partial charge in [0.15, 0.2) is 0 Å². The van der Waals surface area contributed by atoms with Gasteiger partial charge in [-0.25, -0.2) is 9.80 Å². The predicted molar refractivity (Wildman–Crippen MR) is 149 cm³/mol. The highest BCUT2D eigenvalue weighted by Gasteiger charge is 2.27. The highest BCUT2D eigenvalue weighted by Crippen LogP contribution is 2.24. The first-order valence-corrected chi connectivity index (χ1v) is 13.3. The van der Waals surface area contributed by atoms with E-state index in [4.69, 9.17) is 4.42 Å². The molecule has 11 nitrogen and oxygen atoms in total. The Morgan fingerprint density at radius 3 is 2.41 bits per heavy atom. The molecule has 1 aliphatic heterocycles. The zero-order chi connectivity index (χ0) is 27.9. The SMILES string of the molecule is CCNCCN(CC(=O)N(C)N1Cc2ccccc2C1)C(=O)CNc1ccc(-c2nn(CC)c(=O)o2)cc1C. The molecule has 2 N–H and O–H groups in total. The van der Waals surface area contributed by atoms with E-state index in [1.807, 2.05) is 50.0 Å². The molecule has 208 valence electrons. The van der Waals surface area contributed by atoms with Gasteiger partial charge in [0.05, 0.1) is 6.54 Å². The van der Waals surface area contributed by atoms with Crippen LogP contribution in [0.2, 0.25) is 0 Å². The Hall–Kier alpha value is -3.96. The summed E-state index contributed by atoms with van der Waals surface area (Å²) in [6.07, 6.45) is 0. The molecular weight excluding hydrogens is 498 g/mol. The molecule has 0 spiro atoms. The number of hydrazine groups is 1. The van der Waals surface area contributed by atoms with E-state index in [-0.39, 0.29) is 30.8 Å². The second-order valence-electron chi connectivity index (χ2n) is 9.55. The van der Waals surface area contributed by atoms with Gasteiger partial charge in [-0.05, 0) is 55.3 Å². The van der Waals surface area contributed by atoms with Gasteiger partial charge in [0.25, 0.3) is 5.91 Å². The van der Waals surface area contributed by atoms with Crippen molar-refractivity contribution in [2.24, 2.45) is 0 Å². The number of benzene rings is 2. The largest absolute Gasteiger partial charge is 0.437 e. The molecule has 11 heteroatoms. The topological polar surface area (TPSA) is 116 Å². The van der Waals surface area contributed by atoms with Crippen molar-refractivity contribution in [3.05, 3.63) is 69.7 Å². The maximum absolute atomic E-state index is 13.2. The zero-order valence-corrected chi connectivity index (χ0v) is 23.1. The fourth-order valence-corrected chi connectivity index (χ4v) is 4.53. The lowest BCUT2D eigenvalue weighted by Gasteiger charge is -2.31.